The number of hydrogen-bond donors (Lipinski definition) is 1. The van der Waals surface area contributed by atoms with E-state index in [4.69, 9.17) is 11.6 Å². The van der Waals surface area contributed by atoms with E-state index < -0.39 is 0 Å². The SMILES string of the molecule is CCCNC(CCc1cccs1)c1ccc(I)c(Cl)c1. The highest BCUT2D eigenvalue weighted by molar-refractivity contribution is 14.1. The normalized spacial score (nSPS) is 12.6. The summed E-state index contributed by atoms with van der Waals surface area (Å²) < 4.78 is 1.11. The fraction of sp³-hybridized carbons (Fsp3) is 0.375. The van der Waals surface area contributed by atoms with Crippen LogP contribution in [0.2, 0.25) is 5.02 Å². The number of thiophene rings is 1. The van der Waals surface area contributed by atoms with Crippen LogP contribution in [-0.4, -0.2) is 6.54 Å². The van der Waals surface area contributed by atoms with E-state index in [1.807, 2.05) is 11.3 Å². The predicted molar refractivity (Wildman–Crippen MR) is 97.8 cm³/mol. The first kappa shape index (κ1) is 16.3. The molecule has 0 amide bonds. The van der Waals surface area contributed by atoms with Crippen molar-refractivity contribution in [3.63, 3.8) is 0 Å². The van der Waals surface area contributed by atoms with Crippen LogP contribution in [0.1, 0.15) is 36.2 Å². The molecule has 2 rings (SSSR count). The molecule has 0 aliphatic heterocycles. The number of benzene rings is 1. The van der Waals surface area contributed by atoms with E-state index in [1.54, 1.807) is 0 Å². The van der Waals surface area contributed by atoms with Gasteiger partial charge in [-0.2, -0.15) is 0 Å². The summed E-state index contributed by atoms with van der Waals surface area (Å²) in [5, 5.41) is 6.63. The lowest BCUT2D eigenvalue weighted by atomic mass is 10.0. The molecule has 0 aliphatic rings. The molecule has 0 radical (unpaired) electrons. The highest BCUT2D eigenvalue weighted by atomic mass is 127. The molecule has 2 aromatic rings. The Kier molecular flexibility index (Phi) is 6.81. The summed E-state index contributed by atoms with van der Waals surface area (Å²) in [6.07, 6.45) is 3.37. The number of rotatable bonds is 7. The maximum absolute atomic E-state index is 6.26. The highest BCUT2D eigenvalue weighted by Crippen LogP contribution is 2.26. The zero-order valence-electron chi connectivity index (χ0n) is 11.5. The van der Waals surface area contributed by atoms with Gasteiger partial charge in [0.2, 0.25) is 0 Å². The minimum absolute atomic E-state index is 0.381. The van der Waals surface area contributed by atoms with Crippen LogP contribution in [0, 0.1) is 3.57 Å². The zero-order chi connectivity index (χ0) is 14.4. The Hall–Kier alpha value is -0.100. The molecule has 0 aliphatic carbocycles. The molecule has 1 N–H and O–H groups in total. The summed E-state index contributed by atoms with van der Waals surface area (Å²) >= 11 is 10.4. The number of halogens is 2. The molecule has 1 aromatic carbocycles. The summed E-state index contributed by atoms with van der Waals surface area (Å²) in [6, 6.07) is 11.1. The molecule has 0 saturated carbocycles. The lowest BCUT2D eigenvalue weighted by Gasteiger charge is -2.19. The van der Waals surface area contributed by atoms with Crippen molar-refractivity contribution in [2.45, 2.75) is 32.2 Å². The second-order valence-corrected chi connectivity index (χ2v) is 7.40. The van der Waals surface area contributed by atoms with Gasteiger partial charge in [0, 0.05) is 14.5 Å². The smallest absolute Gasteiger partial charge is 0.0542 e. The number of nitrogens with one attached hydrogen (secondary N) is 1. The Morgan fingerprint density at radius 2 is 2.20 bits per heavy atom. The largest absolute Gasteiger partial charge is 0.310 e. The van der Waals surface area contributed by atoms with Crippen LogP contribution in [0.3, 0.4) is 0 Å². The maximum Gasteiger partial charge on any atom is 0.0542 e. The molecule has 1 nitrogen and oxygen atoms in total. The van der Waals surface area contributed by atoms with Gasteiger partial charge in [-0.15, -0.1) is 11.3 Å². The van der Waals surface area contributed by atoms with Gasteiger partial charge in [-0.3, -0.25) is 0 Å². The minimum Gasteiger partial charge on any atom is -0.310 e. The number of hydrogen-bond acceptors (Lipinski definition) is 2. The quantitative estimate of drug-likeness (QED) is 0.569. The molecule has 0 bridgehead atoms. The highest BCUT2D eigenvalue weighted by Gasteiger charge is 2.12. The Morgan fingerprint density at radius 3 is 2.85 bits per heavy atom. The van der Waals surface area contributed by atoms with E-state index in [1.165, 1.54) is 10.4 Å². The summed E-state index contributed by atoms with van der Waals surface area (Å²) in [5.74, 6) is 0. The van der Waals surface area contributed by atoms with E-state index in [0.717, 1.165) is 34.4 Å². The van der Waals surface area contributed by atoms with Gasteiger partial charge >= 0.3 is 0 Å². The zero-order valence-corrected chi connectivity index (χ0v) is 15.3. The van der Waals surface area contributed by atoms with Gasteiger partial charge in [0.25, 0.3) is 0 Å². The molecule has 4 heteroatoms. The van der Waals surface area contributed by atoms with E-state index >= 15 is 0 Å². The molecule has 1 unspecified atom stereocenters. The van der Waals surface area contributed by atoms with E-state index in [2.05, 4.69) is 70.5 Å². The van der Waals surface area contributed by atoms with Crippen molar-refractivity contribution in [3.05, 3.63) is 54.7 Å². The first-order valence-corrected chi connectivity index (χ1v) is 9.25. The van der Waals surface area contributed by atoms with Crippen molar-refractivity contribution in [2.24, 2.45) is 0 Å². The monoisotopic (exact) mass is 419 g/mol. The summed E-state index contributed by atoms with van der Waals surface area (Å²) in [7, 11) is 0. The van der Waals surface area contributed by atoms with E-state index in [0.29, 0.717) is 6.04 Å². The lowest BCUT2D eigenvalue weighted by molar-refractivity contribution is 0.500. The molecule has 20 heavy (non-hydrogen) atoms. The van der Waals surface area contributed by atoms with Crippen molar-refractivity contribution in [1.82, 2.24) is 5.32 Å². The third kappa shape index (κ3) is 4.72. The van der Waals surface area contributed by atoms with Crippen molar-refractivity contribution >= 4 is 45.5 Å². The van der Waals surface area contributed by atoms with Crippen LogP contribution in [-0.2, 0) is 6.42 Å². The van der Waals surface area contributed by atoms with Crippen molar-refractivity contribution in [1.29, 1.82) is 0 Å². The Morgan fingerprint density at radius 1 is 1.35 bits per heavy atom. The first-order valence-electron chi connectivity index (χ1n) is 6.91. The molecular formula is C16H19ClINS. The standard InChI is InChI=1S/C16H19ClINS/c1-2-9-19-16(8-6-13-4-3-10-20-13)12-5-7-15(18)14(17)11-12/h3-5,7,10-11,16,19H,2,6,8-9H2,1H3. The predicted octanol–water partition coefficient (Wildman–Crippen LogP) is 5.68. The molecule has 0 fully saturated rings. The van der Waals surface area contributed by atoms with Gasteiger partial charge in [-0.1, -0.05) is 30.7 Å². The fourth-order valence-corrected chi connectivity index (χ4v) is 3.42. The van der Waals surface area contributed by atoms with Crippen LogP contribution in [0.25, 0.3) is 0 Å². The van der Waals surface area contributed by atoms with Gasteiger partial charge in [0.05, 0.1) is 5.02 Å². The third-order valence-electron chi connectivity index (χ3n) is 3.25. The van der Waals surface area contributed by atoms with Gasteiger partial charge < -0.3 is 5.32 Å². The Labute approximate surface area is 143 Å². The second kappa shape index (κ2) is 8.37. The summed E-state index contributed by atoms with van der Waals surface area (Å²) in [5.41, 5.74) is 1.29. The molecule has 0 spiro atoms. The molecular weight excluding hydrogens is 401 g/mol. The third-order valence-corrected chi connectivity index (χ3v) is 5.75. The maximum atomic E-state index is 6.26. The molecule has 1 atom stereocenters. The summed E-state index contributed by atoms with van der Waals surface area (Å²) in [4.78, 5) is 1.45. The first-order chi connectivity index (χ1) is 9.70. The van der Waals surface area contributed by atoms with E-state index in [9.17, 15) is 0 Å². The van der Waals surface area contributed by atoms with Crippen LogP contribution < -0.4 is 5.32 Å². The molecule has 1 aromatic heterocycles. The van der Waals surface area contributed by atoms with Gasteiger partial charge in [0.15, 0.2) is 0 Å². The van der Waals surface area contributed by atoms with E-state index in [-0.39, 0.29) is 0 Å². The summed E-state index contributed by atoms with van der Waals surface area (Å²) in [6.45, 7) is 3.24. The molecule has 1 heterocycles. The fourth-order valence-electron chi connectivity index (χ4n) is 2.18. The van der Waals surface area contributed by atoms with Gasteiger partial charge in [-0.05, 0) is 77.5 Å². The Balaban J connectivity index is 2.07. The van der Waals surface area contributed by atoms with Crippen LogP contribution in [0.15, 0.2) is 35.7 Å². The lowest BCUT2D eigenvalue weighted by Crippen LogP contribution is -2.22. The average molecular weight is 420 g/mol. The molecule has 108 valence electrons. The van der Waals surface area contributed by atoms with Crippen LogP contribution in [0.4, 0.5) is 0 Å². The Bertz CT molecular complexity index is 527. The van der Waals surface area contributed by atoms with Crippen LogP contribution >= 0.6 is 45.5 Å². The van der Waals surface area contributed by atoms with Gasteiger partial charge in [0.1, 0.15) is 0 Å². The average Bonchev–Trinajstić information content (AvgIpc) is 2.95. The second-order valence-electron chi connectivity index (χ2n) is 4.80. The van der Waals surface area contributed by atoms with Gasteiger partial charge in [-0.25, -0.2) is 0 Å². The van der Waals surface area contributed by atoms with Crippen LogP contribution in [0.5, 0.6) is 0 Å². The van der Waals surface area contributed by atoms with Crippen molar-refractivity contribution < 1.29 is 0 Å². The molecule has 0 saturated heterocycles. The topological polar surface area (TPSA) is 12.0 Å². The van der Waals surface area contributed by atoms with Crippen molar-refractivity contribution in [2.75, 3.05) is 6.54 Å². The van der Waals surface area contributed by atoms with Crippen molar-refractivity contribution in [3.8, 4) is 0 Å². The number of aryl methyl sites for hydroxylation is 1. The minimum atomic E-state index is 0.381.